The highest BCUT2D eigenvalue weighted by Crippen LogP contribution is 2.24. The van der Waals surface area contributed by atoms with Gasteiger partial charge in [0.1, 0.15) is 0 Å². The van der Waals surface area contributed by atoms with Crippen LogP contribution in [-0.2, 0) is 0 Å². The molecular weight excluding hydrogens is 204 g/mol. The van der Waals surface area contributed by atoms with Crippen LogP contribution in [0.1, 0.15) is 52.9 Å². The number of nitrogens with zero attached hydrogens (tertiary/aromatic N) is 1. The summed E-state index contributed by atoms with van der Waals surface area (Å²) in [5.74, 6) is 1.21. The number of unbranched alkanes of at least 4 members (excludes halogenated alkanes) is 2. The van der Waals surface area contributed by atoms with E-state index in [1.54, 1.807) is 0 Å². The van der Waals surface area contributed by atoms with E-state index >= 15 is 0 Å². The van der Waals surface area contributed by atoms with Gasteiger partial charge in [0.2, 0.25) is 0 Å². The third-order valence-electron chi connectivity index (χ3n) is 3.10. The van der Waals surface area contributed by atoms with E-state index in [1.807, 2.05) is 11.8 Å². The van der Waals surface area contributed by atoms with Gasteiger partial charge in [0, 0.05) is 17.8 Å². The number of hydrogen-bond donors (Lipinski definition) is 1. The van der Waals surface area contributed by atoms with Crippen LogP contribution in [0, 0.1) is 0 Å². The lowest BCUT2D eigenvalue weighted by atomic mass is 9.96. The largest absolute Gasteiger partial charge is 0.360 e. The molecule has 0 radical (unpaired) electrons. The second-order valence-corrected chi connectivity index (χ2v) is 5.62. The third-order valence-corrected chi connectivity index (χ3v) is 4.01. The summed E-state index contributed by atoms with van der Waals surface area (Å²) in [6.45, 7) is 7.77. The zero-order valence-electron chi connectivity index (χ0n) is 10.3. The van der Waals surface area contributed by atoms with Crippen LogP contribution in [0.15, 0.2) is 4.99 Å². The Morgan fingerprint density at radius 1 is 1.40 bits per heavy atom. The Bertz CT molecular complexity index is 216. The molecule has 1 aliphatic rings. The average molecular weight is 228 g/mol. The monoisotopic (exact) mass is 228 g/mol. The number of thioether (sulfide) groups is 1. The van der Waals surface area contributed by atoms with Crippen molar-refractivity contribution in [3.8, 4) is 0 Å². The average Bonchev–Trinajstić information content (AvgIpc) is 2.25. The van der Waals surface area contributed by atoms with Crippen molar-refractivity contribution in [2.45, 2.75) is 58.4 Å². The maximum absolute atomic E-state index is 4.63. The molecule has 15 heavy (non-hydrogen) atoms. The minimum atomic E-state index is 0.287. The first-order valence-corrected chi connectivity index (χ1v) is 7.14. The normalized spacial score (nSPS) is 29.1. The number of aliphatic imine (C=N–C) groups is 1. The fourth-order valence-electron chi connectivity index (χ4n) is 1.62. The molecule has 0 saturated carbocycles. The molecule has 0 aromatic carbocycles. The van der Waals surface area contributed by atoms with Crippen LogP contribution in [-0.4, -0.2) is 23.0 Å². The van der Waals surface area contributed by atoms with E-state index in [1.165, 1.54) is 43.0 Å². The molecule has 2 nitrogen and oxygen atoms in total. The highest BCUT2D eigenvalue weighted by molar-refractivity contribution is 8.13. The van der Waals surface area contributed by atoms with Gasteiger partial charge in [-0.25, -0.2) is 0 Å². The molecule has 88 valence electrons. The molecule has 1 aliphatic heterocycles. The smallest absolute Gasteiger partial charge is 0.156 e. The first kappa shape index (κ1) is 12.9. The van der Waals surface area contributed by atoms with Crippen LogP contribution in [0.4, 0.5) is 0 Å². The van der Waals surface area contributed by atoms with E-state index in [9.17, 15) is 0 Å². The van der Waals surface area contributed by atoms with E-state index in [4.69, 9.17) is 0 Å². The molecule has 0 spiro atoms. The predicted molar refractivity (Wildman–Crippen MR) is 70.7 cm³/mol. The van der Waals surface area contributed by atoms with Crippen molar-refractivity contribution in [3.63, 3.8) is 0 Å². The highest BCUT2D eigenvalue weighted by Gasteiger charge is 2.27. The second kappa shape index (κ2) is 6.41. The highest BCUT2D eigenvalue weighted by atomic mass is 32.2. The second-order valence-electron chi connectivity index (χ2n) is 4.53. The van der Waals surface area contributed by atoms with Gasteiger partial charge in [0.15, 0.2) is 5.17 Å². The Balaban J connectivity index is 2.35. The number of nitrogens with one attached hydrogen (secondary N) is 1. The SMILES string of the molecule is CCCCCN=C1NC(C)(CC)CCS1. The first-order chi connectivity index (χ1) is 7.20. The molecule has 0 aromatic rings. The summed E-state index contributed by atoms with van der Waals surface area (Å²) in [7, 11) is 0. The molecule has 0 bridgehead atoms. The van der Waals surface area contributed by atoms with Crippen molar-refractivity contribution in [1.82, 2.24) is 5.32 Å². The van der Waals surface area contributed by atoms with Crippen LogP contribution in [0.25, 0.3) is 0 Å². The Morgan fingerprint density at radius 2 is 2.20 bits per heavy atom. The van der Waals surface area contributed by atoms with E-state index in [-0.39, 0.29) is 5.54 Å². The Morgan fingerprint density at radius 3 is 2.87 bits per heavy atom. The summed E-state index contributed by atoms with van der Waals surface area (Å²) >= 11 is 1.88. The van der Waals surface area contributed by atoms with Gasteiger partial charge >= 0.3 is 0 Å². The van der Waals surface area contributed by atoms with Crippen molar-refractivity contribution < 1.29 is 0 Å². The zero-order valence-corrected chi connectivity index (χ0v) is 11.1. The zero-order chi connectivity index (χ0) is 11.1. The Hall–Kier alpha value is -0.180. The van der Waals surface area contributed by atoms with Gasteiger partial charge in [-0.3, -0.25) is 4.99 Å². The van der Waals surface area contributed by atoms with Crippen molar-refractivity contribution in [3.05, 3.63) is 0 Å². The van der Waals surface area contributed by atoms with Crippen molar-refractivity contribution in [2.75, 3.05) is 12.3 Å². The molecule has 1 heterocycles. The number of amidine groups is 1. The van der Waals surface area contributed by atoms with Gasteiger partial charge in [0.25, 0.3) is 0 Å². The molecule has 1 saturated heterocycles. The summed E-state index contributed by atoms with van der Waals surface area (Å²) in [6, 6.07) is 0. The maximum atomic E-state index is 4.63. The Labute approximate surface area is 98.3 Å². The summed E-state index contributed by atoms with van der Waals surface area (Å²) in [4.78, 5) is 4.63. The maximum Gasteiger partial charge on any atom is 0.156 e. The quantitative estimate of drug-likeness (QED) is 0.729. The topological polar surface area (TPSA) is 24.4 Å². The minimum absolute atomic E-state index is 0.287. The Kier molecular flexibility index (Phi) is 5.51. The van der Waals surface area contributed by atoms with E-state index < -0.39 is 0 Å². The van der Waals surface area contributed by atoms with Gasteiger partial charge in [0.05, 0.1) is 0 Å². The molecule has 1 fully saturated rings. The van der Waals surface area contributed by atoms with Crippen molar-refractivity contribution >= 4 is 16.9 Å². The third kappa shape index (κ3) is 4.45. The van der Waals surface area contributed by atoms with Crippen molar-refractivity contribution in [2.24, 2.45) is 4.99 Å². The van der Waals surface area contributed by atoms with Crippen LogP contribution < -0.4 is 5.32 Å². The molecule has 1 N–H and O–H groups in total. The molecule has 1 atom stereocenters. The minimum Gasteiger partial charge on any atom is -0.360 e. The first-order valence-electron chi connectivity index (χ1n) is 6.15. The van der Waals surface area contributed by atoms with Crippen LogP contribution in [0.2, 0.25) is 0 Å². The number of hydrogen-bond acceptors (Lipinski definition) is 2. The van der Waals surface area contributed by atoms with E-state index in [0.29, 0.717) is 0 Å². The molecule has 0 aromatic heterocycles. The fraction of sp³-hybridized carbons (Fsp3) is 0.917. The van der Waals surface area contributed by atoms with Gasteiger partial charge in [-0.05, 0) is 26.2 Å². The van der Waals surface area contributed by atoms with Gasteiger partial charge in [-0.1, -0.05) is 38.5 Å². The lowest BCUT2D eigenvalue weighted by molar-refractivity contribution is 0.390. The van der Waals surface area contributed by atoms with Gasteiger partial charge in [-0.2, -0.15) is 0 Å². The fourth-order valence-corrected chi connectivity index (χ4v) is 2.87. The summed E-state index contributed by atoms with van der Waals surface area (Å²) in [5.41, 5.74) is 0.287. The van der Waals surface area contributed by atoms with Crippen LogP contribution in [0.3, 0.4) is 0 Å². The van der Waals surface area contributed by atoms with E-state index in [2.05, 4.69) is 31.1 Å². The van der Waals surface area contributed by atoms with Gasteiger partial charge < -0.3 is 5.32 Å². The molecule has 3 heteroatoms. The van der Waals surface area contributed by atoms with E-state index in [0.717, 1.165) is 6.54 Å². The summed E-state index contributed by atoms with van der Waals surface area (Å²) < 4.78 is 0. The molecule has 1 unspecified atom stereocenters. The standard InChI is InChI=1S/C12H24N2S/c1-4-6-7-9-13-11-14-12(3,5-2)8-10-15-11/h4-10H2,1-3H3,(H,13,14). The molecule has 0 aliphatic carbocycles. The summed E-state index contributed by atoms with van der Waals surface area (Å²) in [6.07, 6.45) is 6.24. The summed E-state index contributed by atoms with van der Waals surface area (Å²) in [5, 5.41) is 4.74. The lowest BCUT2D eigenvalue weighted by Gasteiger charge is -2.35. The van der Waals surface area contributed by atoms with Crippen LogP contribution >= 0.6 is 11.8 Å². The molecule has 0 amide bonds. The van der Waals surface area contributed by atoms with Crippen LogP contribution in [0.5, 0.6) is 0 Å². The predicted octanol–water partition coefficient (Wildman–Crippen LogP) is 3.43. The molecular formula is C12H24N2S. The molecule has 1 rings (SSSR count). The lowest BCUT2D eigenvalue weighted by Crippen LogP contribution is -2.48. The van der Waals surface area contributed by atoms with Gasteiger partial charge in [-0.15, -0.1) is 0 Å². The van der Waals surface area contributed by atoms with Crippen molar-refractivity contribution in [1.29, 1.82) is 0 Å². The number of rotatable bonds is 5.